The minimum absolute atomic E-state index is 0.0855. The molecule has 0 aliphatic heterocycles. The zero-order chi connectivity index (χ0) is 16.3. The summed E-state index contributed by atoms with van der Waals surface area (Å²) in [6.07, 6.45) is 0.270. The van der Waals surface area contributed by atoms with Crippen LogP contribution in [-0.4, -0.2) is 21.4 Å². The third-order valence-corrected chi connectivity index (χ3v) is 5.74. The van der Waals surface area contributed by atoms with Crippen LogP contribution < -0.4 is 10.0 Å². The van der Waals surface area contributed by atoms with Crippen molar-refractivity contribution >= 4 is 33.0 Å². The molecule has 1 aromatic heterocycles. The largest absolute Gasteiger partial charge is 0.359 e. The highest BCUT2D eigenvalue weighted by Gasteiger charge is 2.19. The average molecular weight is 338 g/mol. The van der Waals surface area contributed by atoms with E-state index in [1.165, 1.54) is 11.3 Å². The number of thiophene rings is 1. The van der Waals surface area contributed by atoms with Gasteiger partial charge in [-0.05, 0) is 37.6 Å². The lowest BCUT2D eigenvalue weighted by atomic mass is 10.1. The van der Waals surface area contributed by atoms with Gasteiger partial charge in [-0.1, -0.05) is 12.1 Å². The first-order chi connectivity index (χ1) is 10.3. The van der Waals surface area contributed by atoms with Crippen molar-refractivity contribution in [3.05, 3.63) is 45.6 Å². The van der Waals surface area contributed by atoms with Crippen molar-refractivity contribution in [3.8, 4) is 0 Å². The van der Waals surface area contributed by atoms with Crippen LogP contribution in [0.1, 0.15) is 15.3 Å². The normalized spacial score (nSPS) is 11.2. The van der Waals surface area contributed by atoms with E-state index in [1.54, 1.807) is 44.3 Å². The number of nitrogens with one attached hydrogen (secondary N) is 2. The Hall–Kier alpha value is -1.86. The van der Waals surface area contributed by atoms with Crippen molar-refractivity contribution in [2.45, 2.75) is 25.2 Å². The molecule has 0 radical (unpaired) electrons. The first-order valence-corrected chi connectivity index (χ1v) is 9.01. The number of carbonyl (C=O) groups is 1. The first-order valence-electron chi connectivity index (χ1n) is 6.71. The summed E-state index contributed by atoms with van der Waals surface area (Å²) in [6.45, 7) is 3.67. The van der Waals surface area contributed by atoms with Gasteiger partial charge in [0.15, 0.2) is 0 Å². The molecule has 2 N–H and O–H groups in total. The van der Waals surface area contributed by atoms with Crippen LogP contribution in [-0.2, 0) is 21.2 Å². The Morgan fingerprint density at radius 2 is 1.82 bits per heavy atom. The van der Waals surface area contributed by atoms with Gasteiger partial charge in [0.05, 0.1) is 6.42 Å². The summed E-state index contributed by atoms with van der Waals surface area (Å²) in [7, 11) is -2.00. The second-order valence-corrected chi connectivity index (χ2v) is 8.04. The molecule has 0 aliphatic carbocycles. The van der Waals surface area contributed by atoms with E-state index in [9.17, 15) is 13.2 Å². The number of anilines is 1. The molecule has 0 bridgehead atoms. The number of amides is 1. The number of hydrogen-bond acceptors (Lipinski definition) is 4. The summed E-state index contributed by atoms with van der Waals surface area (Å²) < 4.78 is 27.3. The quantitative estimate of drug-likeness (QED) is 0.879. The van der Waals surface area contributed by atoms with Crippen molar-refractivity contribution in [1.82, 2.24) is 5.32 Å². The molecular formula is C15H18N2O3S2. The Bertz CT molecular complexity index is 778. The summed E-state index contributed by atoms with van der Waals surface area (Å²) in [5, 5.41) is 2.55. The minimum Gasteiger partial charge on any atom is -0.359 e. The molecule has 1 amide bonds. The van der Waals surface area contributed by atoms with Gasteiger partial charge in [0.2, 0.25) is 5.91 Å². The molecule has 5 nitrogen and oxygen atoms in total. The fourth-order valence-electron chi connectivity index (χ4n) is 2.05. The average Bonchev–Trinajstić information content (AvgIpc) is 2.80. The summed E-state index contributed by atoms with van der Waals surface area (Å²) in [5.74, 6) is -0.0855. The summed E-state index contributed by atoms with van der Waals surface area (Å²) in [6, 6.07) is 8.45. The van der Waals surface area contributed by atoms with Crippen molar-refractivity contribution in [2.24, 2.45) is 0 Å². The zero-order valence-corrected chi connectivity index (χ0v) is 14.3. The van der Waals surface area contributed by atoms with E-state index in [2.05, 4.69) is 10.0 Å². The molecule has 7 heteroatoms. The van der Waals surface area contributed by atoms with Crippen LogP contribution in [0.15, 0.2) is 35.2 Å². The predicted octanol–water partition coefficient (Wildman–Crippen LogP) is 2.45. The smallest absolute Gasteiger partial charge is 0.262 e. The van der Waals surface area contributed by atoms with Crippen molar-refractivity contribution in [1.29, 1.82) is 0 Å². The predicted molar refractivity (Wildman–Crippen MR) is 88.8 cm³/mol. The number of benzene rings is 1. The molecule has 118 valence electrons. The van der Waals surface area contributed by atoms with Crippen LogP contribution in [0.3, 0.4) is 0 Å². The molecule has 2 aromatic rings. The molecule has 0 spiro atoms. The summed E-state index contributed by atoms with van der Waals surface area (Å²) >= 11 is 1.45. The second-order valence-electron chi connectivity index (χ2n) is 4.93. The van der Waals surface area contributed by atoms with Gasteiger partial charge in [0, 0.05) is 22.5 Å². The molecule has 1 heterocycles. The maximum Gasteiger partial charge on any atom is 0.262 e. The number of hydrogen-bond donors (Lipinski definition) is 2. The van der Waals surface area contributed by atoms with E-state index in [1.807, 2.05) is 6.92 Å². The van der Waals surface area contributed by atoms with Crippen LogP contribution in [0.25, 0.3) is 0 Å². The lowest BCUT2D eigenvalue weighted by Gasteiger charge is -2.08. The standard InChI is InChI=1S/C15H18N2O3S2/c1-10-8-14(11(2)21-10)22(19,20)17-13-6-4-12(5-7-13)9-15(18)16-3/h4-8,17H,9H2,1-3H3,(H,16,18). The van der Waals surface area contributed by atoms with E-state index >= 15 is 0 Å². The number of sulfonamides is 1. The van der Waals surface area contributed by atoms with Gasteiger partial charge in [-0.3, -0.25) is 9.52 Å². The van der Waals surface area contributed by atoms with Crippen LogP contribution in [0.2, 0.25) is 0 Å². The van der Waals surface area contributed by atoms with E-state index in [-0.39, 0.29) is 12.3 Å². The summed E-state index contributed by atoms with van der Waals surface area (Å²) in [4.78, 5) is 13.3. The van der Waals surface area contributed by atoms with Gasteiger partial charge < -0.3 is 5.32 Å². The molecule has 0 saturated carbocycles. The Labute approximate surface area is 134 Å². The van der Waals surface area contributed by atoms with E-state index in [0.717, 1.165) is 15.3 Å². The fourth-order valence-corrected chi connectivity index (χ4v) is 4.66. The fraction of sp³-hybridized carbons (Fsp3) is 0.267. The van der Waals surface area contributed by atoms with E-state index < -0.39 is 10.0 Å². The third kappa shape index (κ3) is 3.86. The van der Waals surface area contributed by atoms with Crippen LogP contribution in [0.4, 0.5) is 5.69 Å². The lowest BCUT2D eigenvalue weighted by molar-refractivity contribution is -0.119. The lowest BCUT2D eigenvalue weighted by Crippen LogP contribution is -2.19. The highest BCUT2D eigenvalue weighted by Crippen LogP contribution is 2.26. The maximum absolute atomic E-state index is 12.4. The van der Waals surface area contributed by atoms with Crippen LogP contribution in [0.5, 0.6) is 0 Å². The summed E-state index contributed by atoms with van der Waals surface area (Å²) in [5.41, 5.74) is 1.30. The minimum atomic E-state index is -3.58. The van der Waals surface area contributed by atoms with Crippen molar-refractivity contribution in [2.75, 3.05) is 11.8 Å². The SMILES string of the molecule is CNC(=O)Cc1ccc(NS(=O)(=O)c2cc(C)sc2C)cc1. The monoisotopic (exact) mass is 338 g/mol. The van der Waals surface area contributed by atoms with Gasteiger partial charge in [0.1, 0.15) is 4.90 Å². The van der Waals surface area contributed by atoms with Gasteiger partial charge in [0.25, 0.3) is 10.0 Å². The van der Waals surface area contributed by atoms with E-state index in [0.29, 0.717) is 10.6 Å². The van der Waals surface area contributed by atoms with Crippen molar-refractivity contribution < 1.29 is 13.2 Å². The molecule has 2 rings (SSSR count). The van der Waals surface area contributed by atoms with E-state index in [4.69, 9.17) is 0 Å². The number of likely N-dealkylation sites (N-methyl/N-ethyl adjacent to an activating group) is 1. The van der Waals surface area contributed by atoms with Crippen LogP contribution >= 0.6 is 11.3 Å². The molecule has 0 unspecified atom stereocenters. The molecular weight excluding hydrogens is 320 g/mol. The molecule has 22 heavy (non-hydrogen) atoms. The van der Waals surface area contributed by atoms with Gasteiger partial charge in [-0.15, -0.1) is 11.3 Å². The van der Waals surface area contributed by atoms with Gasteiger partial charge >= 0.3 is 0 Å². The number of rotatable bonds is 5. The number of aryl methyl sites for hydroxylation is 2. The Balaban J connectivity index is 2.16. The number of carbonyl (C=O) groups excluding carboxylic acids is 1. The molecule has 0 aliphatic rings. The van der Waals surface area contributed by atoms with Gasteiger partial charge in [-0.2, -0.15) is 0 Å². The van der Waals surface area contributed by atoms with Crippen LogP contribution in [0, 0.1) is 13.8 Å². The molecule has 1 aromatic carbocycles. The Morgan fingerprint density at radius 1 is 1.18 bits per heavy atom. The Kier molecular flexibility index (Phi) is 4.87. The third-order valence-electron chi connectivity index (χ3n) is 3.13. The highest BCUT2D eigenvalue weighted by atomic mass is 32.2. The molecule has 0 fully saturated rings. The topological polar surface area (TPSA) is 75.3 Å². The molecule has 0 atom stereocenters. The zero-order valence-electron chi connectivity index (χ0n) is 12.6. The Morgan fingerprint density at radius 3 is 2.32 bits per heavy atom. The first kappa shape index (κ1) is 16.5. The second kappa shape index (κ2) is 6.50. The molecule has 0 saturated heterocycles. The highest BCUT2D eigenvalue weighted by molar-refractivity contribution is 7.93. The van der Waals surface area contributed by atoms with Gasteiger partial charge in [-0.25, -0.2) is 8.42 Å². The van der Waals surface area contributed by atoms with Crippen molar-refractivity contribution in [3.63, 3.8) is 0 Å². The maximum atomic E-state index is 12.4.